The fourth-order valence-electron chi connectivity index (χ4n) is 11.0. The zero-order valence-electron chi connectivity index (χ0n) is 65.4. The Hall–Kier alpha value is -13.2. The predicted molar refractivity (Wildman–Crippen MR) is 457 cm³/mol. The molecule has 15 rings (SSSR count). The minimum Gasteiger partial charge on any atom is -0.456 e. The lowest BCUT2D eigenvalue weighted by Crippen LogP contribution is -2.13. The van der Waals surface area contributed by atoms with E-state index in [1.54, 1.807) is 122 Å². The Morgan fingerprint density at radius 3 is 1.44 bits per heavy atom. The van der Waals surface area contributed by atoms with Gasteiger partial charge in [0.15, 0.2) is 45.5 Å². The Balaban J connectivity index is 0.000000149. The molecule has 0 fully saturated rings. The van der Waals surface area contributed by atoms with Crippen LogP contribution in [0.1, 0.15) is 108 Å². The Bertz CT molecular complexity index is 6090. The van der Waals surface area contributed by atoms with Crippen LogP contribution in [0.3, 0.4) is 0 Å². The summed E-state index contributed by atoms with van der Waals surface area (Å²) >= 11 is 19.3. The molecule has 35 heteroatoms. The van der Waals surface area contributed by atoms with E-state index in [9.17, 15) is 45.9 Å². The van der Waals surface area contributed by atoms with Crippen molar-refractivity contribution in [3.63, 3.8) is 0 Å². The van der Waals surface area contributed by atoms with Crippen LogP contribution in [-0.4, -0.2) is 113 Å². The Morgan fingerprint density at radius 1 is 0.418 bits per heavy atom. The number of pyridine rings is 3. The molecular formula is C87H68BrCl2F5N16O8S3. The first kappa shape index (κ1) is 89.6. The normalized spacial score (nSPS) is 10.6. The smallest absolute Gasteiger partial charge is 0.199 e. The van der Waals surface area contributed by atoms with Gasteiger partial charge in [0, 0.05) is 98.6 Å². The number of thiazole rings is 3. The second-order valence-corrected chi connectivity index (χ2v) is 31.4. The standard InChI is InChI=1S/C19H16ClN3O2.C18H14F2N4O.C17H13ClN2O2S.C17H14F2N4OS.C16H11BrFN3O2S/c1-2-13-3-4-23-16(5-13)9-19(24)14-6-15(20)8-17(7-14)25-18-10-21-12-22-11-18;1-24(15-9-21-11-22-10-15)17-6-12(2-5-16(17)20)18(25)7-14-4-3-13(19)8-23-14;1-11-10-23-17(20-11)8-16(21)12-5-13(18)7-15(6-12)22-14-3-2-4-19-9-14;1-10-17(19)25-16(22-10)6-15(24)11-3-12(18)5-13(4-11)23(2)14-7-20-9-21-8-14;1-9-16(17)24-15(21-9)5-14(22)10-2-11(18)4-12(3-10)23-13-6-19-8-20-7-13/h3-8,10-12H,2,9H2,1H3;2-6,8-11H,7H2,1H3;2-7,9-10H,8H2,1H3;3-5,7-9H,6H2,1-2H3;2-4,6-8H,5H2,1H3. The molecule has 0 spiro atoms. The van der Waals surface area contributed by atoms with Gasteiger partial charge in [-0.15, -0.1) is 22.7 Å². The van der Waals surface area contributed by atoms with Crippen LogP contribution in [0.15, 0.2) is 236 Å². The molecule has 10 heterocycles. The second kappa shape index (κ2) is 43.7. The molecule has 0 saturated heterocycles. The number of aromatic nitrogens is 14. The zero-order valence-corrected chi connectivity index (χ0v) is 70.9. The molecule has 0 N–H and O–H groups in total. The van der Waals surface area contributed by atoms with Crippen molar-refractivity contribution < 1.29 is 60.1 Å². The fraction of sp³-hybridized carbons (Fsp3) is 0.138. The van der Waals surface area contributed by atoms with E-state index < -0.39 is 28.4 Å². The van der Waals surface area contributed by atoms with Gasteiger partial charge in [0.25, 0.3) is 0 Å². The van der Waals surface area contributed by atoms with Crippen molar-refractivity contribution in [2.75, 3.05) is 23.9 Å². The van der Waals surface area contributed by atoms with Gasteiger partial charge in [-0.1, -0.05) is 41.5 Å². The molecule has 0 atom stereocenters. The number of nitrogens with zero attached hydrogens (tertiary/aromatic N) is 16. The van der Waals surface area contributed by atoms with Gasteiger partial charge in [0.05, 0.1) is 126 Å². The molecule has 5 aromatic carbocycles. The second-order valence-electron chi connectivity index (χ2n) is 26.1. The number of carbonyl (C=O) groups excluding carboxylic acids is 5. The highest BCUT2D eigenvalue weighted by Gasteiger charge is 2.21. The number of halogens is 8. The van der Waals surface area contributed by atoms with Crippen LogP contribution in [0.4, 0.5) is 44.7 Å². The van der Waals surface area contributed by atoms with Crippen LogP contribution in [0.2, 0.25) is 10.0 Å². The minimum atomic E-state index is -0.552. The third kappa shape index (κ3) is 26.9. The maximum absolute atomic E-state index is 14.2. The molecule has 24 nitrogen and oxygen atoms in total. The Morgan fingerprint density at radius 2 is 0.918 bits per heavy atom. The van der Waals surface area contributed by atoms with E-state index >= 15 is 0 Å². The van der Waals surface area contributed by atoms with Crippen LogP contribution >= 0.6 is 73.1 Å². The summed E-state index contributed by atoms with van der Waals surface area (Å²) in [7, 11) is 3.38. The lowest BCUT2D eigenvalue weighted by molar-refractivity contribution is 0.0983. The molecule has 10 aromatic heterocycles. The van der Waals surface area contributed by atoms with Gasteiger partial charge in [-0.2, -0.15) is 4.39 Å². The number of hydrogen-bond acceptors (Lipinski definition) is 27. The zero-order chi connectivity index (χ0) is 86.8. The average Bonchev–Trinajstić information content (AvgIpc) is 0.879. The molecule has 122 heavy (non-hydrogen) atoms. The SMILES string of the molecule is CCc1ccnc(CC(=O)c2cc(Cl)cc(Oc3cncnc3)c2)c1.CN(c1cncnc1)c1cc(C(=O)Cc2ccc(F)cn2)ccc1F.Cc1csc(CC(=O)c2cc(Cl)cc(Oc3cccnc3)c2)n1.Cc1nc(CC(=O)c2cc(F)cc(N(C)c3cncnc3)c2)sc1F.Cc1nc(CC(=O)c2cc(F)cc(Oc3cncnc3)c2)sc1Br. The third-order valence-electron chi connectivity index (χ3n) is 17.0. The molecule has 0 radical (unpaired) electrons. The molecule has 0 bridgehead atoms. The van der Waals surface area contributed by atoms with Gasteiger partial charge in [-0.25, -0.2) is 72.4 Å². The average molecular weight is 1810 g/mol. The first-order chi connectivity index (χ1) is 58.7. The summed E-state index contributed by atoms with van der Waals surface area (Å²) in [5.74, 6) is -0.338. The lowest BCUT2D eigenvalue weighted by Gasteiger charge is -2.19. The number of ether oxygens (including phenoxy) is 3. The van der Waals surface area contributed by atoms with Crippen LogP contribution in [0.25, 0.3) is 0 Å². The van der Waals surface area contributed by atoms with E-state index in [1.165, 1.54) is 134 Å². The van der Waals surface area contributed by atoms with E-state index in [4.69, 9.17) is 37.4 Å². The maximum atomic E-state index is 14.2. The van der Waals surface area contributed by atoms with Gasteiger partial charge in [-0.05, 0) is 170 Å². The van der Waals surface area contributed by atoms with Crippen molar-refractivity contribution in [2.24, 2.45) is 0 Å². The fourth-order valence-corrected chi connectivity index (χ4v) is 14.5. The summed E-state index contributed by atoms with van der Waals surface area (Å²) in [5.41, 5.74) is 8.05. The van der Waals surface area contributed by atoms with Crippen LogP contribution in [0.5, 0.6) is 34.5 Å². The van der Waals surface area contributed by atoms with Crippen molar-refractivity contribution in [3.05, 3.63) is 352 Å². The van der Waals surface area contributed by atoms with Gasteiger partial charge < -0.3 is 24.0 Å². The maximum Gasteiger partial charge on any atom is 0.199 e. The van der Waals surface area contributed by atoms with E-state index in [0.29, 0.717) is 88.3 Å². The Labute approximate surface area is 725 Å². The van der Waals surface area contributed by atoms with Crippen LogP contribution in [-0.2, 0) is 38.5 Å². The molecule has 0 aliphatic carbocycles. The molecular weight excluding hydrogens is 1740 g/mol. The van der Waals surface area contributed by atoms with Crippen molar-refractivity contribution in [1.82, 2.24) is 69.8 Å². The number of carbonyl (C=O) groups is 5. The summed E-state index contributed by atoms with van der Waals surface area (Å²) in [6.45, 7) is 7.36. The molecule has 0 saturated carbocycles. The Kier molecular flexibility index (Phi) is 32.1. The summed E-state index contributed by atoms with van der Waals surface area (Å²) in [4.78, 5) is 121. The highest BCUT2D eigenvalue weighted by atomic mass is 79.9. The van der Waals surface area contributed by atoms with E-state index in [2.05, 4.69) is 92.6 Å². The first-order valence-corrected chi connectivity index (χ1v) is 40.6. The summed E-state index contributed by atoms with van der Waals surface area (Å²) in [6, 6.07) is 32.1. The minimum absolute atomic E-state index is 0.00349. The number of rotatable bonds is 26. The third-order valence-corrected chi connectivity index (χ3v) is 21.4. The predicted octanol–water partition coefficient (Wildman–Crippen LogP) is 20.4. The summed E-state index contributed by atoms with van der Waals surface area (Å²) in [6.07, 6.45) is 25.2. The molecule has 15 aromatic rings. The quantitative estimate of drug-likeness (QED) is 0.0359. The van der Waals surface area contributed by atoms with E-state index in [0.717, 1.165) is 61.5 Å². The largest absolute Gasteiger partial charge is 0.456 e. The van der Waals surface area contributed by atoms with E-state index in [-0.39, 0.29) is 89.3 Å². The molecule has 0 aliphatic rings. The van der Waals surface area contributed by atoms with Crippen molar-refractivity contribution in [2.45, 2.75) is 66.2 Å². The number of ketones is 5. The molecule has 0 amide bonds. The monoisotopic (exact) mass is 1800 g/mol. The van der Waals surface area contributed by atoms with Gasteiger partial charge in [0.2, 0.25) is 0 Å². The number of aryl methyl sites for hydroxylation is 4. The van der Waals surface area contributed by atoms with Crippen molar-refractivity contribution in [3.8, 4) is 34.5 Å². The number of benzene rings is 5. The van der Waals surface area contributed by atoms with Gasteiger partial charge in [0.1, 0.15) is 86.6 Å². The first-order valence-electron chi connectivity index (χ1n) is 36.5. The highest BCUT2D eigenvalue weighted by Crippen LogP contribution is 2.33. The topological polar surface area (TPSA) is 300 Å². The summed E-state index contributed by atoms with van der Waals surface area (Å²) in [5, 5.41) is 4.23. The highest BCUT2D eigenvalue weighted by molar-refractivity contribution is 9.11. The number of anilines is 4. The van der Waals surface area contributed by atoms with Crippen LogP contribution in [0, 0.1) is 49.2 Å². The van der Waals surface area contributed by atoms with Crippen molar-refractivity contribution >= 4 is 125 Å². The summed E-state index contributed by atoms with van der Waals surface area (Å²) < 4.78 is 86.0. The molecule has 0 unspecified atom stereocenters. The van der Waals surface area contributed by atoms with E-state index in [1.807, 2.05) is 31.4 Å². The number of Topliss-reactive ketones (excluding diaryl/α,β-unsaturated/α-hetero) is 5. The number of hydrogen-bond donors (Lipinski definition) is 0. The van der Waals surface area contributed by atoms with Gasteiger partial charge in [-0.3, -0.25) is 38.9 Å². The van der Waals surface area contributed by atoms with Crippen LogP contribution < -0.4 is 24.0 Å². The molecule has 618 valence electrons. The molecule has 0 aliphatic heterocycles. The van der Waals surface area contributed by atoms with Crippen molar-refractivity contribution in [1.29, 1.82) is 0 Å². The van der Waals surface area contributed by atoms with Gasteiger partial charge >= 0.3 is 0 Å². The lowest BCUT2D eigenvalue weighted by atomic mass is 10.0.